The van der Waals surface area contributed by atoms with E-state index in [2.05, 4.69) is 15.3 Å². The summed E-state index contributed by atoms with van der Waals surface area (Å²) in [5, 5.41) is 11.1. The SMILES string of the molecule is C[C@H](CC(=O)O)NC(=O)c1cnc(Cl)[nH]1. The van der Waals surface area contributed by atoms with Crippen molar-refractivity contribution in [1.29, 1.82) is 0 Å². The van der Waals surface area contributed by atoms with E-state index in [1.54, 1.807) is 6.92 Å². The highest BCUT2D eigenvalue weighted by Crippen LogP contribution is 2.03. The fourth-order valence-corrected chi connectivity index (χ4v) is 1.18. The molecule has 0 spiro atoms. The number of aromatic nitrogens is 2. The molecule has 1 heterocycles. The molecule has 1 atom stereocenters. The molecule has 0 saturated carbocycles. The van der Waals surface area contributed by atoms with Crippen LogP contribution in [0.5, 0.6) is 0 Å². The molecule has 15 heavy (non-hydrogen) atoms. The van der Waals surface area contributed by atoms with E-state index < -0.39 is 17.9 Å². The Morgan fingerprint density at radius 2 is 2.40 bits per heavy atom. The van der Waals surface area contributed by atoms with Crippen molar-refractivity contribution in [2.45, 2.75) is 19.4 Å². The third-order valence-electron chi connectivity index (χ3n) is 1.65. The lowest BCUT2D eigenvalue weighted by atomic mass is 10.2. The van der Waals surface area contributed by atoms with Crippen LogP contribution in [0.1, 0.15) is 23.8 Å². The molecule has 0 fully saturated rings. The number of nitrogens with zero attached hydrogens (tertiary/aromatic N) is 1. The molecule has 1 aromatic rings. The number of imidazole rings is 1. The number of aromatic amines is 1. The van der Waals surface area contributed by atoms with Gasteiger partial charge >= 0.3 is 5.97 Å². The fourth-order valence-electron chi connectivity index (χ4n) is 1.03. The minimum Gasteiger partial charge on any atom is -0.481 e. The molecule has 0 saturated heterocycles. The van der Waals surface area contributed by atoms with Gasteiger partial charge in [0.1, 0.15) is 5.69 Å². The van der Waals surface area contributed by atoms with Crippen molar-refractivity contribution in [2.75, 3.05) is 0 Å². The maximum atomic E-state index is 11.4. The van der Waals surface area contributed by atoms with Gasteiger partial charge in [-0.2, -0.15) is 0 Å². The van der Waals surface area contributed by atoms with Crippen molar-refractivity contribution >= 4 is 23.5 Å². The summed E-state index contributed by atoms with van der Waals surface area (Å²) in [6, 6.07) is -0.447. The van der Waals surface area contributed by atoms with Crippen LogP contribution in [0.4, 0.5) is 0 Å². The first-order valence-electron chi connectivity index (χ1n) is 4.22. The highest BCUT2D eigenvalue weighted by atomic mass is 35.5. The highest BCUT2D eigenvalue weighted by Gasteiger charge is 2.13. The zero-order valence-corrected chi connectivity index (χ0v) is 8.71. The fraction of sp³-hybridized carbons (Fsp3) is 0.375. The second kappa shape index (κ2) is 4.79. The number of amides is 1. The molecule has 6 nitrogen and oxygen atoms in total. The second-order valence-corrected chi connectivity index (χ2v) is 3.42. The number of nitrogens with one attached hydrogen (secondary N) is 2. The molecule has 1 amide bonds. The van der Waals surface area contributed by atoms with Crippen molar-refractivity contribution in [3.63, 3.8) is 0 Å². The normalized spacial score (nSPS) is 12.1. The van der Waals surface area contributed by atoms with E-state index >= 15 is 0 Å². The predicted molar refractivity (Wildman–Crippen MR) is 52.8 cm³/mol. The van der Waals surface area contributed by atoms with Crippen LogP contribution in [-0.4, -0.2) is 33.0 Å². The van der Waals surface area contributed by atoms with Crippen molar-refractivity contribution in [3.05, 3.63) is 17.2 Å². The standard InChI is InChI=1S/C8H10ClN3O3/c1-4(2-6(13)14)11-7(15)5-3-10-8(9)12-5/h3-4H,2H2,1H3,(H,10,12)(H,11,15)(H,13,14)/t4-/m1/s1. The van der Waals surface area contributed by atoms with Gasteiger partial charge in [-0.05, 0) is 18.5 Å². The Hall–Kier alpha value is -1.56. The van der Waals surface area contributed by atoms with Crippen LogP contribution in [0.15, 0.2) is 6.20 Å². The number of H-pyrrole nitrogens is 1. The summed E-state index contributed by atoms with van der Waals surface area (Å²) in [7, 11) is 0. The number of carboxylic acid groups (broad SMARTS) is 1. The number of rotatable bonds is 4. The number of hydrogen-bond acceptors (Lipinski definition) is 3. The van der Waals surface area contributed by atoms with Crippen LogP contribution in [-0.2, 0) is 4.79 Å². The van der Waals surface area contributed by atoms with Gasteiger partial charge in [0.25, 0.3) is 5.91 Å². The third-order valence-corrected chi connectivity index (χ3v) is 1.84. The van der Waals surface area contributed by atoms with Gasteiger partial charge in [-0.15, -0.1) is 0 Å². The molecule has 0 unspecified atom stereocenters. The highest BCUT2D eigenvalue weighted by molar-refractivity contribution is 6.28. The average molecular weight is 232 g/mol. The van der Waals surface area contributed by atoms with Gasteiger partial charge in [0.15, 0.2) is 0 Å². The van der Waals surface area contributed by atoms with Crippen LogP contribution >= 0.6 is 11.6 Å². The van der Waals surface area contributed by atoms with Gasteiger partial charge in [0.2, 0.25) is 5.28 Å². The molecule has 0 radical (unpaired) electrons. The topological polar surface area (TPSA) is 95.1 Å². The van der Waals surface area contributed by atoms with Crippen LogP contribution in [0, 0.1) is 0 Å². The first-order chi connectivity index (χ1) is 6.99. The molecule has 7 heteroatoms. The third kappa shape index (κ3) is 3.59. The minimum absolute atomic E-state index is 0.117. The van der Waals surface area contributed by atoms with Gasteiger partial charge in [0, 0.05) is 6.04 Å². The lowest BCUT2D eigenvalue weighted by Crippen LogP contribution is -2.34. The Kier molecular flexibility index (Phi) is 3.68. The van der Waals surface area contributed by atoms with Crippen molar-refractivity contribution in [3.8, 4) is 0 Å². The molecule has 0 aromatic carbocycles. The first-order valence-corrected chi connectivity index (χ1v) is 4.60. The molecule has 3 N–H and O–H groups in total. The number of carboxylic acids is 1. The smallest absolute Gasteiger partial charge is 0.305 e. The van der Waals surface area contributed by atoms with Crippen LogP contribution in [0.3, 0.4) is 0 Å². The monoisotopic (exact) mass is 231 g/mol. The first kappa shape index (κ1) is 11.5. The summed E-state index contributed by atoms with van der Waals surface area (Å²) in [5.41, 5.74) is 0.206. The number of carbonyl (C=O) groups excluding carboxylic acids is 1. The average Bonchev–Trinajstić information content (AvgIpc) is 2.49. The lowest BCUT2D eigenvalue weighted by Gasteiger charge is -2.09. The summed E-state index contributed by atoms with van der Waals surface area (Å²) in [5.74, 6) is -1.39. The van der Waals surface area contributed by atoms with Crippen LogP contribution < -0.4 is 5.32 Å². The number of halogens is 1. The van der Waals surface area contributed by atoms with E-state index in [0.717, 1.165) is 0 Å². The quantitative estimate of drug-likeness (QED) is 0.709. The summed E-state index contributed by atoms with van der Waals surface area (Å²) in [6.45, 7) is 1.60. The van der Waals surface area contributed by atoms with E-state index in [1.807, 2.05) is 0 Å². The Labute approximate surface area is 90.7 Å². The number of hydrogen-bond donors (Lipinski definition) is 3. The van der Waals surface area contributed by atoms with Crippen LogP contribution in [0.2, 0.25) is 5.28 Å². The Bertz CT molecular complexity index is 377. The Balaban J connectivity index is 2.52. The van der Waals surface area contributed by atoms with E-state index in [0.29, 0.717) is 0 Å². The Morgan fingerprint density at radius 1 is 1.73 bits per heavy atom. The largest absolute Gasteiger partial charge is 0.481 e. The van der Waals surface area contributed by atoms with Gasteiger partial charge in [-0.1, -0.05) is 0 Å². The predicted octanol–water partition coefficient (Wildman–Crippen LogP) is 0.656. The molecule has 0 bridgehead atoms. The second-order valence-electron chi connectivity index (χ2n) is 3.06. The zero-order chi connectivity index (χ0) is 11.4. The van der Waals surface area contributed by atoms with Gasteiger partial charge in [-0.3, -0.25) is 9.59 Å². The van der Waals surface area contributed by atoms with Gasteiger partial charge < -0.3 is 15.4 Å². The van der Waals surface area contributed by atoms with Crippen molar-refractivity contribution in [1.82, 2.24) is 15.3 Å². The molecule has 0 aliphatic carbocycles. The molecule has 1 rings (SSSR count). The summed E-state index contributed by atoms with van der Waals surface area (Å²) in [6.07, 6.45) is 1.15. The van der Waals surface area contributed by atoms with Gasteiger partial charge in [0.05, 0.1) is 12.6 Å². The van der Waals surface area contributed by atoms with Crippen molar-refractivity contribution in [2.24, 2.45) is 0 Å². The van der Waals surface area contributed by atoms with Crippen LogP contribution in [0.25, 0.3) is 0 Å². The lowest BCUT2D eigenvalue weighted by molar-refractivity contribution is -0.137. The molecule has 82 valence electrons. The van der Waals surface area contributed by atoms with E-state index in [1.165, 1.54) is 6.20 Å². The van der Waals surface area contributed by atoms with Crippen molar-refractivity contribution < 1.29 is 14.7 Å². The number of aliphatic carboxylic acids is 1. The summed E-state index contributed by atoms with van der Waals surface area (Å²) < 4.78 is 0. The summed E-state index contributed by atoms with van der Waals surface area (Å²) >= 11 is 5.48. The minimum atomic E-state index is -0.967. The molecular weight excluding hydrogens is 222 g/mol. The number of carbonyl (C=O) groups is 2. The molecular formula is C8H10ClN3O3. The molecule has 0 aliphatic rings. The Morgan fingerprint density at radius 3 is 2.87 bits per heavy atom. The van der Waals surface area contributed by atoms with Gasteiger partial charge in [-0.25, -0.2) is 4.98 Å². The maximum Gasteiger partial charge on any atom is 0.305 e. The van der Waals surface area contributed by atoms with E-state index in [-0.39, 0.29) is 17.4 Å². The van der Waals surface area contributed by atoms with E-state index in [4.69, 9.17) is 16.7 Å². The molecule has 1 aromatic heterocycles. The molecule has 0 aliphatic heterocycles. The van der Waals surface area contributed by atoms with E-state index in [9.17, 15) is 9.59 Å². The zero-order valence-electron chi connectivity index (χ0n) is 7.95. The summed E-state index contributed by atoms with van der Waals surface area (Å²) in [4.78, 5) is 27.9. The maximum absolute atomic E-state index is 11.4.